The Morgan fingerprint density at radius 1 is 0.731 bits per heavy atom. The summed E-state index contributed by atoms with van der Waals surface area (Å²) in [6.45, 7) is 8.40. The first-order valence-corrected chi connectivity index (χ1v) is 9.50. The van der Waals surface area contributed by atoms with Crippen LogP contribution in [0.25, 0.3) is 12.2 Å². The van der Waals surface area contributed by atoms with Gasteiger partial charge in [0, 0.05) is 5.54 Å². The largest absolute Gasteiger partial charge is 0.330 e. The van der Waals surface area contributed by atoms with E-state index in [1.165, 1.54) is 11.1 Å². The molecule has 0 unspecified atom stereocenters. The summed E-state index contributed by atoms with van der Waals surface area (Å²) in [4.78, 5) is 0. The molecule has 0 bridgehead atoms. The summed E-state index contributed by atoms with van der Waals surface area (Å²) < 4.78 is 0. The third kappa shape index (κ3) is 6.29. The van der Waals surface area contributed by atoms with Crippen molar-refractivity contribution in [1.29, 1.82) is 0 Å². The normalized spacial score (nSPS) is 11.3. The fourth-order valence-corrected chi connectivity index (χ4v) is 3.39. The number of rotatable bonds is 11. The number of hydrogen-bond acceptors (Lipinski definition) is 2. The number of unbranched alkanes of at least 4 members (excludes halogenated alkanes) is 2. The van der Waals surface area contributed by atoms with Crippen LogP contribution in [0.2, 0.25) is 0 Å². The van der Waals surface area contributed by atoms with Gasteiger partial charge in [-0.05, 0) is 54.5 Å². The fourth-order valence-electron chi connectivity index (χ4n) is 3.39. The van der Waals surface area contributed by atoms with E-state index in [4.69, 9.17) is 11.5 Å². The van der Waals surface area contributed by atoms with Gasteiger partial charge in [-0.15, -0.1) is 0 Å². The molecule has 0 saturated carbocycles. The molecule has 0 aromatic heterocycles. The summed E-state index contributed by atoms with van der Waals surface area (Å²) in [5.74, 6) is 0. The highest BCUT2D eigenvalue weighted by atomic mass is 14.7. The van der Waals surface area contributed by atoms with E-state index in [0.29, 0.717) is 0 Å². The van der Waals surface area contributed by atoms with Crippen LogP contribution in [-0.2, 0) is 12.8 Å². The molecule has 0 radical (unpaired) electrons. The predicted octanol–water partition coefficient (Wildman–Crippen LogP) is 4.97. The first-order valence-electron chi connectivity index (χ1n) is 9.50. The number of hydrogen-bond donors (Lipinski definition) is 2. The quantitative estimate of drug-likeness (QED) is 0.563. The Bertz CT molecular complexity index is 630. The van der Waals surface area contributed by atoms with E-state index in [9.17, 15) is 0 Å². The van der Waals surface area contributed by atoms with Crippen LogP contribution in [0.3, 0.4) is 0 Å². The van der Waals surface area contributed by atoms with Gasteiger partial charge in [0.25, 0.3) is 0 Å². The highest BCUT2D eigenvalue weighted by Gasteiger charge is 2.25. The summed E-state index contributed by atoms with van der Waals surface area (Å²) in [5, 5.41) is 0. The second-order valence-corrected chi connectivity index (χ2v) is 7.21. The topological polar surface area (TPSA) is 52.0 Å². The minimum atomic E-state index is -0.250. The van der Waals surface area contributed by atoms with Crippen molar-refractivity contribution < 1.29 is 0 Å². The second kappa shape index (κ2) is 10.1. The van der Waals surface area contributed by atoms with Crippen molar-refractivity contribution in [1.82, 2.24) is 0 Å². The Morgan fingerprint density at radius 2 is 1.19 bits per heavy atom. The standard InChI is InChI=1S/C24H32N2/c1-3-20-8-12-22(13-9-20)18-24(26,16-6-5-7-17-25)19-23-14-10-21(4-2)11-15-23/h3-4,8-15H,1-2,5-7,16-19,25-26H2. The lowest BCUT2D eigenvalue weighted by molar-refractivity contribution is 0.370. The highest BCUT2D eigenvalue weighted by molar-refractivity contribution is 5.48. The van der Waals surface area contributed by atoms with Gasteiger partial charge in [-0.1, -0.05) is 86.7 Å². The molecule has 0 saturated heterocycles. The zero-order valence-electron chi connectivity index (χ0n) is 15.8. The van der Waals surface area contributed by atoms with Gasteiger partial charge in [0.15, 0.2) is 0 Å². The van der Waals surface area contributed by atoms with Crippen LogP contribution in [0.15, 0.2) is 61.7 Å². The number of benzene rings is 2. The summed E-state index contributed by atoms with van der Waals surface area (Å²) in [7, 11) is 0. The maximum Gasteiger partial charge on any atom is 0.0235 e. The van der Waals surface area contributed by atoms with Crippen LogP contribution >= 0.6 is 0 Å². The Morgan fingerprint density at radius 3 is 1.58 bits per heavy atom. The second-order valence-electron chi connectivity index (χ2n) is 7.21. The summed E-state index contributed by atoms with van der Waals surface area (Å²) >= 11 is 0. The average molecular weight is 349 g/mol. The lowest BCUT2D eigenvalue weighted by Gasteiger charge is -2.30. The molecule has 0 aliphatic carbocycles. The highest BCUT2D eigenvalue weighted by Crippen LogP contribution is 2.24. The van der Waals surface area contributed by atoms with E-state index in [1.807, 2.05) is 12.2 Å². The number of nitrogens with two attached hydrogens (primary N) is 2. The molecule has 0 amide bonds. The molecule has 0 spiro atoms. The summed E-state index contributed by atoms with van der Waals surface area (Å²) in [6.07, 6.45) is 9.80. The third-order valence-corrected chi connectivity index (χ3v) is 4.92. The average Bonchev–Trinajstić information content (AvgIpc) is 2.66. The van der Waals surface area contributed by atoms with E-state index in [2.05, 4.69) is 61.7 Å². The van der Waals surface area contributed by atoms with Crippen LogP contribution in [0.5, 0.6) is 0 Å². The van der Waals surface area contributed by atoms with Crippen molar-refractivity contribution in [3.63, 3.8) is 0 Å². The molecule has 0 aliphatic heterocycles. The molecule has 4 N–H and O–H groups in total. The monoisotopic (exact) mass is 348 g/mol. The zero-order valence-corrected chi connectivity index (χ0v) is 15.8. The van der Waals surface area contributed by atoms with Crippen LogP contribution in [0.4, 0.5) is 0 Å². The molecular formula is C24H32N2. The van der Waals surface area contributed by atoms with Gasteiger partial charge in [0.2, 0.25) is 0 Å². The van der Waals surface area contributed by atoms with Crippen molar-refractivity contribution >= 4 is 12.2 Å². The molecule has 2 rings (SSSR count). The molecule has 2 aromatic carbocycles. The van der Waals surface area contributed by atoms with Gasteiger partial charge < -0.3 is 11.5 Å². The first-order chi connectivity index (χ1) is 12.6. The van der Waals surface area contributed by atoms with Gasteiger partial charge in [-0.25, -0.2) is 0 Å². The molecule has 0 atom stereocenters. The van der Waals surface area contributed by atoms with E-state index < -0.39 is 0 Å². The van der Waals surface area contributed by atoms with Crippen LogP contribution in [-0.4, -0.2) is 12.1 Å². The van der Waals surface area contributed by atoms with Gasteiger partial charge in [0.05, 0.1) is 0 Å². The Balaban J connectivity index is 2.12. The molecule has 2 nitrogen and oxygen atoms in total. The zero-order chi connectivity index (χ0) is 18.8. The minimum Gasteiger partial charge on any atom is -0.330 e. The molecule has 26 heavy (non-hydrogen) atoms. The lowest BCUT2D eigenvalue weighted by Crippen LogP contribution is -2.44. The van der Waals surface area contributed by atoms with Crippen LogP contribution in [0, 0.1) is 0 Å². The lowest BCUT2D eigenvalue weighted by atomic mass is 9.81. The molecule has 0 aliphatic rings. The Hall–Kier alpha value is -2.16. The van der Waals surface area contributed by atoms with E-state index >= 15 is 0 Å². The first kappa shape index (κ1) is 20.2. The maximum atomic E-state index is 6.91. The molecule has 2 heteroatoms. The van der Waals surface area contributed by atoms with Crippen molar-refractivity contribution in [2.45, 2.75) is 44.1 Å². The smallest absolute Gasteiger partial charge is 0.0235 e. The molecule has 138 valence electrons. The maximum absolute atomic E-state index is 6.91. The van der Waals surface area contributed by atoms with Gasteiger partial charge in [-0.2, -0.15) is 0 Å². The molecule has 2 aromatic rings. The minimum absolute atomic E-state index is 0.250. The Kier molecular flexibility index (Phi) is 7.83. The predicted molar refractivity (Wildman–Crippen MR) is 115 cm³/mol. The fraction of sp³-hybridized carbons (Fsp3) is 0.333. The molecule has 0 fully saturated rings. The third-order valence-electron chi connectivity index (χ3n) is 4.92. The van der Waals surface area contributed by atoms with Crippen molar-refractivity contribution in [2.75, 3.05) is 6.54 Å². The van der Waals surface area contributed by atoms with Crippen molar-refractivity contribution in [2.24, 2.45) is 11.5 Å². The van der Waals surface area contributed by atoms with E-state index in [0.717, 1.165) is 56.2 Å². The van der Waals surface area contributed by atoms with Crippen LogP contribution < -0.4 is 11.5 Å². The van der Waals surface area contributed by atoms with Gasteiger partial charge in [0.1, 0.15) is 0 Å². The van der Waals surface area contributed by atoms with E-state index in [-0.39, 0.29) is 5.54 Å². The van der Waals surface area contributed by atoms with Crippen LogP contribution in [0.1, 0.15) is 47.9 Å². The van der Waals surface area contributed by atoms with Crippen molar-refractivity contribution in [3.8, 4) is 0 Å². The Labute approximate surface area is 158 Å². The van der Waals surface area contributed by atoms with Crippen molar-refractivity contribution in [3.05, 3.63) is 83.9 Å². The SMILES string of the molecule is C=Cc1ccc(CC(N)(CCCCCN)Cc2ccc(C=C)cc2)cc1. The van der Waals surface area contributed by atoms with Gasteiger partial charge in [-0.3, -0.25) is 0 Å². The molecular weight excluding hydrogens is 316 g/mol. The summed E-state index contributed by atoms with van der Waals surface area (Å²) in [6, 6.07) is 17.1. The molecule has 0 heterocycles. The summed E-state index contributed by atoms with van der Waals surface area (Å²) in [5.41, 5.74) is 17.1. The van der Waals surface area contributed by atoms with Gasteiger partial charge >= 0.3 is 0 Å². The van der Waals surface area contributed by atoms with E-state index in [1.54, 1.807) is 0 Å².